The second-order valence-electron chi connectivity index (χ2n) is 3.25. The molecule has 4 nitrogen and oxygen atoms in total. The van der Waals surface area contributed by atoms with Crippen LogP contribution in [0, 0.1) is 0 Å². The summed E-state index contributed by atoms with van der Waals surface area (Å²) in [6, 6.07) is 5.26. The maximum absolute atomic E-state index is 10.4. The molecular weight excluding hydrogens is 196 g/mol. The van der Waals surface area contributed by atoms with Gasteiger partial charge in [0.1, 0.15) is 5.75 Å². The van der Waals surface area contributed by atoms with Crippen molar-refractivity contribution in [2.24, 2.45) is 0 Å². The molecule has 2 N–H and O–H groups in total. The summed E-state index contributed by atoms with van der Waals surface area (Å²) in [5.74, 6) is -0.729. The zero-order valence-electron chi connectivity index (χ0n) is 8.56. The Labute approximate surface area is 88.1 Å². The standard InChI is InChI=1S/C11H14O4/c1-15-7-9-4-2-3-8(11(9)14)5-6-10(12)13/h2-4,14H,5-7H2,1H3,(H,12,13). The van der Waals surface area contributed by atoms with Gasteiger partial charge in [-0.15, -0.1) is 0 Å². The molecule has 0 heterocycles. The number of benzene rings is 1. The van der Waals surface area contributed by atoms with Crippen LogP contribution in [0.5, 0.6) is 5.75 Å². The zero-order chi connectivity index (χ0) is 11.3. The maximum atomic E-state index is 10.4. The average molecular weight is 210 g/mol. The van der Waals surface area contributed by atoms with Crippen LogP contribution in [0.2, 0.25) is 0 Å². The van der Waals surface area contributed by atoms with Crippen molar-refractivity contribution in [2.45, 2.75) is 19.4 Å². The van der Waals surface area contributed by atoms with E-state index in [2.05, 4.69) is 0 Å². The fourth-order valence-electron chi connectivity index (χ4n) is 1.36. The molecule has 0 aliphatic rings. The molecule has 0 atom stereocenters. The summed E-state index contributed by atoms with van der Waals surface area (Å²) < 4.78 is 4.91. The van der Waals surface area contributed by atoms with E-state index in [-0.39, 0.29) is 12.2 Å². The van der Waals surface area contributed by atoms with E-state index in [4.69, 9.17) is 9.84 Å². The highest BCUT2D eigenvalue weighted by atomic mass is 16.5. The summed E-state index contributed by atoms with van der Waals surface area (Å²) >= 11 is 0. The van der Waals surface area contributed by atoms with Crippen LogP contribution in [0.25, 0.3) is 0 Å². The number of phenols is 1. The summed E-state index contributed by atoms with van der Waals surface area (Å²) in [6.45, 7) is 0.326. The van der Waals surface area contributed by atoms with Crippen LogP contribution in [0.3, 0.4) is 0 Å². The topological polar surface area (TPSA) is 66.8 Å². The van der Waals surface area contributed by atoms with Crippen LogP contribution >= 0.6 is 0 Å². The van der Waals surface area contributed by atoms with E-state index in [1.807, 2.05) is 0 Å². The summed E-state index contributed by atoms with van der Waals surface area (Å²) in [4.78, 5) is 10.4. The van der Waals surface area contributed by atoms with Gasteiger partial charge in [0.2, 0.25) is 0 Å². The number of hydrogen-bond acceptors (Lipinski definition) is 3. The number of methoxy groups -OCH3 is 1. The van der Waals surface area contributed by atoms with Crippen LogP contribution in [0.15, 0.2) is 18.2 Å². The van der Waals surface area contributed by atoms with Gasteiger partial charge in [0.05, 0.1) is 6.61 Å². The Morgan fingerprint density at radius 1 is 1.40 bits per heavy atom. The summed E-state index contributed by atoms with van der Waals surface area (Å²) in [5.41, 5.74) is 1.33. The smallest absolute Gasteiger partial charge is 0.303 e. The van der Waals surface area contributed by atoms with Gasteiger partial charge in [-0.25, -0.2) is 0 Å². The van der Waals surface area contributed by atoms with Crippen molar-refractivity contribution in [1.82, 2.24) is 0 Å². The van der Waals surface area contributed by atoms with Crippen molar-refractivity contribution in [3.05, 3.63) is 29.3 Å². The second kappa shape index (κ2) is 5.36. The molecule has 82 valence electrons. The Morgan fingerprint density at radius 2 is 2.07 bits per heavy atom. The Morgan fingerprint density at radius 3 is 2.67 bits per heavy atom. The van der Waals surface area contributed by atoms with Crippen LogP contribution in [-0.4, -0.2) is 23.3 Å². The molecule has 0 fully saturated rings. The molecule has 0 aromatic heterocycles. The number of aliphatic carboxylic acids is 1. The molecule has 1 rings (SSSR count). The van der Waals surface area contributed by atoms with Crippen LogP contribution in [0.1, 0.15) is 17.5 Å². The first-order valence-electron chi connectivity index (χ1n) is 4.65. The minimum Gasteiger partial charge on any atom is -0.507 e. The largest absolute Gasteiger partial charge is 0.507 e. The summed E-state index contributed by atoms with van der Waals surface area (Å²) in [6.07, 6.45) is 0.350. The number of carbonyl (C=O) groups is 1. The number of carboxylic acids is 1. The third-order valence-corrected chi connectivity index (χ3v) is 2.11. The molecule has 0 radical (unpaired) electrons. The molecule has 0 saturated heterocycles. The Bertz CT molecular complexity index is 346. The fraction of sp³-hybridized carbons (Fsp3) is 0.364. The molecule has 1 aromatic carbocycles. The van der Waals surface area contributed by atoms with Crippen LogP contribution < -0.4 is 0 Å². The van der Waals surface area contributed by atoms with E-state index in [1.54, 1.807) is 25.3 Å². The minimum absolute atomic E-state index is 0.0179. The van der Waals surface area contributed by atoms with Crippen molar-refractivity contribution in [2.75, 3.05) is 7.11 Å². The molecule has 0 aliphatic carbocycles. The Balaban J connectivity index is 2.79. The lowest BCUT2D eigenvalue weighted by Gasteiger charge is -2.07. The number of ether oxygens (including phenoxy) is 1. The first-order valence-corrected chi connectivity index (χ1v) is 4.65. The molecule has 0 unspecified atom stereocenters. The van der Waals surface area contributed by atoms with Crippen LogP contribution in [0.4, 0.5) is 0 Å². The lowest BCUT2D eigenvalue weighted by molar-refractivity contribution is -0.136. The number of carboxylic acid groups (broad SMARTS) is 1. The highest BCUT2D eigenvalue weighted by Crippen LogP contribution is 2.24. The van der Waals surface area contributed by atoms with Gasteiger partial charge in [-0.1, -0.05) is 18.2 Å². The van der Waals surface area contributed by atoms with Gasteiger partial charge in [0, 0.05) is 19.1 Å². The zero-order valence-corrected chi connectivity index (χ0v) is 8.56. The molecule has 4 heteroatoms. The molecular formula is C11H14O4. The van der Waals surface area contributed by atoms with E-state index in [9.17, 15) is 9.90 Å². The van der Waals surface area contributed by atoms with E-state index in [1.165, 1.54) is 0 Å². The quantitative estimate of drug-likeness (QED) is 0.773. The number of rotatable bonds is 5. The van der Waals surface area contributed by atoms with Gasteiger partial charge in [-0.05, 0) is 12.0 Å². The predicted octanol–water partition coefficient (Wildman–Crippen LogP) is 1.56. The van der Waals surface area contributed by atoms with E-state index in [0.717, 1.165) is 0 Å². The molecule has 0 bridgehead atoms. The van der Waals surface area contributed by atoms with Gasteiger partial charge in [-0.2, -0.15) is 0 Å². The monoisotopic (exact) mass is 210 g/mol. The van der Waals surface area contributed by atoms with E-state index in [0.29, 0.717) is 24.2 Å². The second-order valence-corrected chi connectivity index (χ2v) is 3.25. The highest BCUT2D eigenvalue weighted by Gasteiger charge is 2.08. The molecule has 1 aromatic rings. The first kappa shape index (κ1) is 11.5. The fourth-order valence-corrected chi connectivity index (χ4v) is 1.36. The third kappa shape index (κ3) is 3.25. The predicted molar refractivity (Wildman–Crippen MR) is 54.8 cm³/mol. The Hall–Kier alpha value is -1.55. The normalized spacial score (nSPS) is 10.2. The SMILES string of the molecule is COCc1cccc(CCC(=O)O)c1O. The Kier molecular flexibility index (Phi) is 4.12. The van der Waals surface area contributed by atoms with Crippen LogP contribution in [-0.2, 0) is 22.6 Å². The van der Waals surface area contributed by atoms with E-state index >= 15 is 0 Å². The van der Waals surface area contributed by atoms with Gasteiger partial charge in [0.25, 0.3) is 0 Å². The van der Waals surface area contributed by atoms with Gasteiger partial charge >= 0.3 is 5.97 Å². The molecule has 0 spiro atoms. The van der Waals surface area contributed by atoms with Crippen molar-refractivity contribution in [3.8, 4) is 5.75 Å². The molecule has 15 heavy (non-hydrogen) atoms. The lowest BCUT2D eigenvalue weighted by Crippen LogP contribution is -1.99. The molecule has 0 saturated carbocycles. The number of para-hydroxylation sites is 1. The molecule has 0 amide bonds. The average Bonchev–Trinajstić information content (AvgIpc) is 2.19. The van der Waals surface area contributed by atoms with Gasteiger partial charge < -0.3 is 14.9 Å². The third-order valence-electron chi connectivity index (χ3n) is 2.11. The lowest BCUT2D eigenvalue weighted by atomic mass is 10.0. The highest BCUT2D eigenvalue weighted by molar-refractivity contribution is 5.67. The molecule has 0 aliphatic heterocycles. The number of aryl methyl sites for hydroxylation is 1. The summed E-state index contributed by atoms with van der Waals surface area (Å²) in [7, 11) is 1.55. The van der Waals surface area contributed by atoms with Crippen molar-refractivity contribution in [3.63, 3.8) is 0 Å². The number of aromatic hydroxyl groups is 1. The number of phenolic OH excluding ortho intramolecular Hbond substituents is 1. The van der Waals surface area contributed by atoms with Gasteiger partial charge in [0.15, 0.2) is 0 Å². The van der Waals surface area contributed by atoms with Gasteiger partial charge in [-0.3, -0.25) is 4.79 Å². The van der Waals surface area contributed by atoms with Crippen molar-refractivity contribution in [1.29, 1.82) is 0 Å². The number of hydrogen-bond donors (Lipinski definition) is 2. The van der Waals surface area contributed by atoms with Crippen molar-refractivity contribution < 1.29 is 19.7 Å². The minimum atomic E-state index is -0.869. The maximum Gasteiger partial charge on any atom is 0.303 e. The first-order chi connectivity index (χ1) is 7.15. The van der Waals surface area contributed by atoms with E-state index < -0.39 is 5.97 Å². The summed E-state index contributed by atoms with van der Waals surface area (Å²) in [5, 5.41) is 18.3. The van der Waals surface area contributed by atoms with Crippen molar-refractivity contribution >= 4 is 5.97 Å².